The smallest absolute Gasteiger partial charge is 0.0725 e. The normalized spacial score (nSPS) is 12.5. The first-order chi connectivity index (χ1) is 71.2. The Labute approximate surface area is 841 Å². The highest BCUT2D eigenvalue weighted by Crippen LogP contribution is 2.64. The van der Waals surface area contributed by atoms with Gasteiger partial charge in [-0.1, -0.05) is 414 Å². The molecule has 0 heterocycles. The van der Waals surface area contributed by atoms with Crippen molar-refractivity contribution in [2.75, 3.05) is 19.6 Å². The highest BCUT2D eigenvalue weighted by atomic mass is 15.2. The minimum Gasteiger partial charge on any atom is -0.311 e. The second-order valence-electron chi connectivity index (χ2n) is 38.4. The summed E-state index contributed by atoms with van der Waals surface area (Å²) in [7, 11) is 0. The zero-order valence-corrected chi connectivity index (χ0v) is 79.9. The summed E-state index contributed by atoms with van der Waals surface area (Å²) in [5, 5.41) is 9.91. The highest BCUT2D eigenvalue weighted by Gasteiger charge is 2.52. The maximum Gasteiger partial charge on any atom is 0.0725 e. The number of nitrogens with zero attached hydrogens (tertiary/aromatic N) is 4. The number of benzene rings is 24. The first-order valence-corrected chi connectivity index (χ1v) is 49.9. The summed E-state index contributed by atoms with van der Waals surface area (Å²) in [6, 6.07) is 204. The lowest BCUT2D eigenvalue weighted by Gasteiger charge is -2.30. The third kappa shape index (κ3) is 14.7. The fraction of sp³-hybridized carbons (Fsp3) is 0.0286. The second-order valence-corrected chi connectivity index (χ2v) is 38.4. The maximum absolute atomic E-state index is 2.48. The molecular weight excluding hydrogens is 1740 g/mol. The topological polar surface area (TPSA) is 13.0 Å². The van der Waals surface area contributed by atoms with Gasteiger partial charge in [-0.3, -0.25) is 0 Å². The van der Waals surface area contributed by atoms with Gasteiger partial charge in [-0.25, -0.2) is 0 Å². The van der Waals surface area contributed by atoms with E-state index in [0.717, 1.165) is 68.2 Å². The molecule has 0 atom stereocenters. The monoisotopic (exact) mass is 1830 g/mol. The molecule has 678 valence electrons. The van der Waals surface area contributed by atoms with E-state index in [-0.39, 0.29) is 10.8 Å². The number of fused-ring (bicyclic) bond motifs is 17. The van der Waals surface area contributed by atoms with Crippen molar-refractivity contribution in [3.63, 3.8) is 0 Å². The average Bonchev–Trinajstić information content (AvgIpc) is 1.50. The summed E-state index contributed by atoms with van der Waals surface area (Å²) >= 11 is 0. The SMILES string of the molecule is CC1(C)c2ccccc2-c2ccc(-c3ccc(-c4c5ccccc5c(-c5ccc(N(c6ccccc6)c6ccc(N(c7ccccc7)c7ccccc7)cc6)cc5)c5ccccc45)cc3)cc21.c1ccc(N(c2ccccc2)c2ccc(N(c3ccccc3)c3ccc(-c4c5ccccc5c(-c5ccc(-c6ccc7c(c6)C6(c8ccccc8-c8ccccc86)c6ccccc6-7)cc5)c5ccccc45)cc3)cc2)cc1. The molecule has 0 amide bonds. The molecule has 0 radical (unpaired) electrons. The molecule has 3 aliphatic carbocycles. The van der Waals surface area contributed by atoms with Gasteiger partial charge in [0.2, 0.25) is 0 Å². The van der Waals surface area contributed by atoms with E-state index >= 15 is 0 Å². The molecule has 4 nitrogen and oxygen atoms in total. The van der Waals surface area contributed by atoms with E-state index in [0.29, 0.717) is 0 Å². The van der Waals surface area contributed by atoms with E-state index in [1.165, 1.54) is 177 Å². The average molecular weight is 1840 g/mol. The van der Waals surface area contributed by atoms with E-state index in [1.807, 2.05) is 0 Å². The first-order valence-electron chi connectivity index (χ1n) is 49.9. The number of hydrogen-bond acceptors (Lipinski definition) is 4. The fourth-order valence-electron chi connectivity index (χ4n) is 23.6. The summed E-state index contributed by atoms with van der Waals surface area (Å²) in [5.74, 6) is 0. The standard InChI is InChI=1S/C75H50N2.C65H48N2/c1-4-20-55(21-5-1)76(56-22-6-2-7-23-56)59-45-47-60(48-46-59)77(57-24-8-3-9-25-57)58-43-40-53(41-44-58)74-67-31-12-10-29-65(67)73(66-30-11-13-32-68(66)74)52-38-36-51(37-39-52)54-42-49-64-63-28-16-19-35-71(63)75(72(64)50-54)69-33-17-14-26-61(69)62-27-15-18-34-70(62)75;1-65(2)61-29-17-16-24-55(61)56-43-36-48(44-62(56)65)45-30-32-46(33-31-45)63-57-25-12-14-27-59(57)64(60-28-15-13-26-58(60)63)47-34-37-52(38-35-47)67(51-22-10-5-11-23-51)54-41-39-53(40-42-54)66(49-18-6-3-7-19-49)50-20-8-4-9-21-50/h1-50H;3-44H,1-2H3. The summed E-state index contributed by atoms with van der Waals surface area (Å²) in [6.45, 7) is 4.70. The molecule has 0 aromatic heterocycles. The molecule has 4 heteroatoms. The Hall–Kier alpha value is -18.5. The molecule has 144 heavy (non-hydrogen) atoms. The van der Waals surface area contributed by atoms with Gasteiger partial charge in [0.15, 0.2) is 0 Å². The zero-order valence-electron chi connectivity index (χ0n) is 79.9. The summed E-state index contributed by atoms with van der Waals surface area (Å²) in [4.78, 5) is 9.29. The molecule has 0 unspecified atom stereocenters. The van der Waals surface area contributed by atoms with Crippen molar-refractivity contribution in [1.29, 1.82) is 0 Å². The number of anilines is 12. The van der Waals surface area contributed by atoms with Gasteiger partial charge < -0.3 is 19.6 Å². The highest BCUT2D eigenvalue weighted by molar-refractivity contribution is 6.23. The van der Waals surface area contributed by atoms with Crippen molar-refractivity contribution in [1.82, 2.24) is 0 Å². The van der Waals surface area contributed by atoms with Crippen molar-refractivity contribution < 1.29 is 0 Å². The number of rotatable bonds is 18. The van der Waals surface area contributed by atoms with Crippen LogP contribution in [0.25, 0.3) is 143 Å². The van der Waals surface area contributed by atoms with Crippen molar-refractivity contribution in [2.45, 2.75) is 24.7 Å². The zero-order chi connectivity index (χ0) is 95.8. The summed E-state index contributed by atoms with van der Waals surface area (Å²) in [5.41, 5.74) is 43.7. The largest absolute Gasteiger partial charge is 0.311 e. The molecule has 0 N–H and O–H groups in total. The van der Waals surface area contributed by atoms with Crippen LogP contribution in [0.4, 0.5) is 68.2 Å². The van der Waals surface area contributed by atoms with Gasteiger partial charge in [-0.15, -0.1) is 0 Å². The third-order valence-corrected chi connectivity index (χ3v) is 30.1. The van der Waals surface area contributed by atoms with Crippen LogP contribution < -0.4 is 19.6 Å². The third-order valence-electron chi connectivity index (χ3n) is 30.1. The molecule has 27 rings (SSSR count). The van der Waals surface area contributed by atoms with Crippen LogP contribution in [-0.4, -0.2) is 0 Å². The van der Waals surface area contributed by atoms with Crippen LogP contribution in [-0.2, 0) is 10.8 Å². The van der Waals surface area contributed by atoms with E-state index < -0.39 is 0 Å². The lowest BCUT2D eigenvalue weighted by Crippen LogP contribution is -2.25. The molecular formula is C140H98N4. The predicted molar refractivity (Wildman–Crippen MR) is 608 cm³/mol. The van der Waals surface area contributed by atoms with Gasteiger partial charge >= 0.3 is 0 Å². The van der Waals surface area contributed by atoms with Crippen molar-refractivity contribution in [3.8, 4) is 100 Å². The molecule has 0 fully saturated rings. The maximum atomic E-state index is 2.48. The summed E-state index contributed by atoms with van der Waals surface area (Å²) < 4.78 is 0. The Morgan fingerprint density at radius 3 is 0.549 bits per heavy atom. The van der Waals surface area contributed by atoms with Gasteiger partial charge in [-0.05, 0) is 334 Å². The van der Waals surface area contributed by atoms with Crippen LogP contribution >= 0.6 is 0 Å². The first kappa shape index (κ1) is 85.9. The molecule has 0 saturated carbocycles. The van der Waals surface area contributed by atoms with E-state index in [4.69, 9.17) is 0 Å². The molecule has 0 saturated heterocycles. The Kier molecular flexibility index (Phi) is 21.5. The molecule has 0 aliphatic heterocycles. The van der Waals surface area contributed by atoms with Crippen LogP contribution in [0.15, 0.2) is 558 Å². The molecule has 1 spiro atoms. The quantitative estimate of drug-likeness (QED) is 0.0794. The lowest BCUT2D eigenvalue weighted by molar-refractivity contribution is 0.660. The summed E-state index contributed by atoms with van der Waals surface area (Å²) in [6.07, 6.45) is 0. The minimum atomic E-state index is -0.378. The van der Waals surface area contributed by atoms with Crippen molar-refractivity contribution in [2.24, 2.45) is 0 Å². The van der Waals surface area contributed by atoms with Crippen LogP contribution in [0.1, 0.15) is 47.2 Å². The minimum absolute atomic E-state index is 0.0375. The lowest BCUT2D eigenvalue weighted by atomic mass is 9.70. The fourth-order valence-corrected chi connectivity index (χ4v) is 23.6. The second kappa shape index (κ2) is 36.1. The Balaban J connectivity index is 0.000000148. The van der Waals surface area contributed by atoms with Crippen LogP contribution in [0, 0.1) is 0 Å². The van der Waals surface area contributed by atoms with Crippen LogP contribution in [0.3, 0.4) is 0 Å². The predicted octanol–water partition coefficient (Wildman–Crippen LogP) is 38.5. The van der Waals surface area contributed by atoms with Crippen molar-refractivity contribution in [3.05, 3.63) is 591 Å². The molecule has 24 aromatic carbocycles. The Morgan fingerprint density at radius 2 is 0.292 bits per heavy atom. The van der Waals surface area contributed by atoms with Gasteiger partial charge in [0.05, 0.1) is 5.41 Å². The number of para-hydroxylation sites is 6. The van der Waals surface area contributed by atoms with E-state index in [2.05, 4.69) is 592 Å². The van der Waals surface area contributed by atoms with Crippen LogP contribution in [0.5, 0.6) is 0 Å². The van der Waals surface area contributed by atoms with Crippen molar-refractivity contribution >= 4 is 111 Å². The Bertz CT molecular complexity index is 8710. The molecule has 3 aliphatic rings. The van der Waals surface area contributed by atoms with Gasteiger partial charge in [-0.2, -0.15) is 0 Å². The molecule has 24 aromatic rings. The van der Waals surface area contributed by atoms with Crippen LogP contribution in [0.2, 0.25) is 0 Å². The van der Waals surface area contributed by atoms with E-state index in [9.17, 15) is 0 Å². The van der Waals surface area contributed by atoms with Gasteiger partial charge in [0, 0.05) is 73.7 Å². The molecule has 0 bridgehead atoms. The number of hydrogen-bond donors (Lipinski definition) is 0. The van der Waals surface area contributed by atoms with Gasteiger partial charge in [0.25, 0.3) is 0 Å². The van der Waals surface area contributed by atoms with Gasteiger partial charge in [0.1, 0.15) is 0 Å². The Morgan fingerprint density at radius 1 is 0.125 bits per heavy atom. The van der Waals surface area contributed by atoms with E-state index in [1.54, 1.807) is 0 Å².